The quantitative estimate of drug-likeness (QED) is 0.158. The number of benzene rings is 8. The largest absolute Gasteiger partial charge is 0.496 e. The van der Waals surface area contributed by atoms with Crippen LogP contribution < -0.4 is 18.9 Å². The lowest BCUT2D eigenvalue weighted by Crippen LogP contribution is -1.95. The van der Waals surface area contributed by atoms with E-state index in [-0.39, 0.29) is 0 Å². The Morgan fingerprint density at radius 2 is 0.500 bits per heavy atom. The van der Waals surface area contributed by atoms with Gasteiger partial charge in [-0.3, -0.25) is 0 Å². The Morgan fingerprint density at radius 1 is 0.264 bits per heavy atom. The molecule has 3 aromatic heterocycles. The normalized spacial score (nSPS) is 12.1. The Labute approximate surface area is 415 Å². The molecule has 72 heavy (non-hydrogen) atoms. The van der Waals surface area contributed by atoms with Crippen molar-refractivity contribution in [1.29, 1.82) is 0 Å². The van der Waals surface area contributed by atoms with Crippen molar-refractivity contribution < 1.29 is 18.9 Å². The fraction of sp³-hybridized carbons (Fsp3) is 0.0625. The van der Waals surface area contributed by atoms with Crippen LogP contribution in [0.5, 0.6) is 23.0 Å². The number of aromatic nitrogens is 4. The van der Waals surface area contributed by atoms with E-state index in [0.29, 0.717) is 0 Å². The van der Waals surface area contributed by atoms with E-state index >= 15 is 0 Å². The lowest BCUT2D eigenvalue weighted by Gasteiger charge is -2.15. The SMILES string of the molecule is COc1ccc2ccccc2c1-c1c2nc(c(-c3c(OC)ccc4ccccc34)c3ccc([nH]3)c(-c3c(OC)ccc4ccccc34)c3nc(c(-c4c(OC)ccc5ccccc45)c4ccc1[nH]4)C=C3)C=C2. The van der Waals surface area contributed by atoms with Gasteiger partial charge in [0.15, 0.2) is 0 Å². The Hall–Kier alpha value is -9.40. The van der Waals surface area contributed by atoms with Crippen LogP contribution >= 0.6 is 0 Å². The second-order valence-corrected chi connectivity index (χ2v) is 18.0. The van der Waals surface area contributed by atoms with Crippen LogP contribution in [0.2, 0.25) is 0 Å². The summed E-state index contributed by atoms with van der Waals surface area (Å²) in [6, 6.07) is 58.9. The highest BCUT2D eigenvalue weighted by atomic mass is 16.5. The van der Waals surface area contributed by atoms with E-state index in [1.807, 2.05) is 24.3 Å². The average Bonchev–Trinajstić information content (AvgIpc) is 4.30. The van der Waals surface area contributed by atoms with E-state index in [2.05, 4.69) is 180 Å². The smallest absolute Gasteiger partial charge is 0.127 e. The predicted molar refractivity (Wildman–Crippen MR) is 297 cm³/mol. The fourth-order valence-electron chi connectivity index (χ4n) is 11.0. The third-order valence-corrected chi connectivity index (χ3v) is 14.2. The molecule has 0 amide bonds. The summed E-state index contributed by atoms with van der Waals surface area (Å²) in [6.07, 6.45) is 8.47. The molecule has 0 unspecified atom stereocenters. The highest BCUT2D eigenvalue weighted by Crippen LogP contribution is 2.48. The second-order valence-electron chi connectivity index (χ2n) is 18.0. The predicted octanol–water partition coefficient (Wildman–Crippen LogP) is 16.0. The van der Waals surface area contributed by atoms with Crippen molar-refractivity contribution in [2.24, 2.45) is 0 Å². The molecule has 13 rings (SSSR count). The number of hydrogen-bond acceptors (Lipinski definition) is 6. The highest BCUT2D eigenvalue weighted by Gasteiger charge is 2.26. The number of fused-ring (bicyclic) bond motifs is 12. The van der Waals surface area contributed by atoms with Crippen LogP contribution in [-0.2, 0) is 0 Å². The van der Waals surface area contributed by atoms with Gasteiger partial charge in [-0.25, -0.2) is 9.97 Å². The maximum atomic E-state index is 6.28. The van der Waals surface area contributed by atoms with Gasteiger partial charge in [0.25, 0.3) is 0 Å². The van der Waals surface area contributed by atoms with Crippen molar-refractivity contribution in [1.82, 2.24) is 19.9 Å². The molecule has 0 aliphatic carbocycles. The van der Waals surface area contributed by atoms with E-state index < -0.39 is 0 Å². The van der Waals surface area contributed by atoms with Gasteiger partial charge >= 0.3 is 0 Å². The van der Waals surface area contributed by atoms with E-state index in [4.69, 9.17) is 28.9 Å². The van der Waals surface area contributed by atoms with Crippen LogP contribution in [0, 0.1) is 0 Å². The zero-order valence-corrected chi connectivity index (χ0v) is 40.0. The zero-order chi connectivity index (χ0) is 48.5. The summed E-state index contributed by atoms with van der Waals surface area (Å²) in [7, 11) is 6.91. The van der Waals surface area contributed by atoms with Crippen LogP contribution in [0.4, 0.5) is 0 Å². The monoisotopic (exact) mass is 934 g/mol. The van der Waals surface area contributed by atoms with Crippen LogP contribution in [0.25, 0.3) is 134 Å². The first-order valence-corrected chi connectivity index (χ1v) is 23.9. The Balaban J connectivity index is 1.28. The van der Waals surface area contributed by atoms with Crippen molar-refractivity contribution in [2.75, 3.05) is 28.4 Å². The summed E-state index contributed by atoms with van der Waals surface area (Å²) >= 11 is 0. The first-order chi connectivity index (χ1) is 35.5. The van der Waals surface area contributed by atoms with Crippen LogP contribution in [0.1, 0.15) is 22.8 Å². The number of hydrogen-bond donors (Lipinski definition) is 2. The topological polar surface area (TPSA) is 94.3 Å². The minimum absolute atomic E-state index is 0.724. The summed E-state index contributed by atoms with van der Waals surface area (Å²) in [6.45, 7) is 0. The van der Waals surface area contributed by atoms with Gasteiger partial charge in [-0.05, 0) is 116 Å². The van der Waals surface area contributed by atoms with E-state index in [0.717, 1.165) is 155 Å². The number of ether oxygens (including phenoxy) is 4. The van der Waals surface area contributed by atoms with Crippen LogP contribution in [-0.4, -0.2) is 48.4 Å². The summed E-state index contributed by atoms with van der Waals surface area (Å²) in [4.78, 5) is 19.3. The van der Waals surface area contributed by atoms with Crippen LogP contribution in [0.15, 0.2) is 170 Å². The van der Waals surface area contributed by atoms with Gasteiger partial charge in [-0.1, -0.05) is 121 Å². The Bertz CT molecular complexity index is 3750. The molecule has 0 fully saturated rings. The molecule has 2 N–H and O–H groups in total. The highest BCUT2D eigenvalue weighted by molar-refractivity contribution is 6.12. The number of H-pyrrole nitrogens is 2. The summed E-state index contributed by atoms with van der Waals surface area (Å²) in [5.41, 5.74) is 13.6. The average molecular weight is 935 g/mol. The summed E-state index contributed by atoms with van der Waals surface area (Å²) in [5.74, 6) is 2.90. The first kappa shape index (κ1) is 42.7. The molecule has 8 nitrogen and oxygen atoms in total. The maximum Gasteiger partial charge on any atom is 0.127 e. The molecule has 8 heteroatoms. The number of nitrogens with zero attached hydrogens (tertiary/aromatic N) is 2. The third kappa shape index (κ3) is 6.75. The molecule has 0 saturated heterocycles. The minimum Gasteiger partial charge on any atom is -0.496 e. The molecular formula is C64H46N4O4. The van der Waals surface area contributed by atoms with Crippen molar-refractivity contribution in [3.05, 3.63) is 193 Å². The Kier molecular flexibility index (Phi) is 10.2. The minimum atomic E-state index is 0.724. The summed E-state index contributed by atoms with van der Waals surface area (Å²) < 4.78 is 25.1. The standard InChI is InChI=1S/C64H46N4O4/c1-69-53-33-21-37-13-5-9-17-41(37)57(53)61-45-25-27-47(65-45)62(58-42-18-10-6-14-38(42)22-34-54(58)70-2)49-29-31-51(67-49)64(60-44-20-12-8-16-40(44)24-36-56(60)72-4)52-32-30-50(68-52)63(48-28-26-46(61)66-48)59-43-19-11-7-15-39(43)23-35-55(59)71-3/h5-36,65,68H,1-4H3. The van der Waals surface area contributed by atoms with Gasteiger partial charge in [0, 0.05) is 66.6 Å². The molecule has 8 bridgehead atoms. The van der Waals surface area contributed by atoms with Crippen LogP contribution in [0.3, 0.4) is 0 Å². The summed E-state index contributed by atoms with van der Waals surface area (Å²) in [5, 5.41) is 8.44. The van der Waals surface area contributed by atoms with Crippen molar-refractivity contribution in [2.45, 2.75) is 0 Å². The molecule has 8 aromatic carbocycles. The molecule has 11 aromatic rings. The molecule has 2 aliphatic rings. The molecule has 2 aliphatic heterocycles. The Morgan fingerprint density at radius 3 is 0.736 bits per heavy atom. The fourth-order valence-corrected chi connectivity index (χ4v) is 11.0. The second kappa shape index (κ2) is 17.2. The molecule has 0 atom stereocenters. The zero-order valence-electron chi connectivity index (χ0n) is 40.0. The van der Waals surface area contributed by atoms with Gasteiger partial charge in [0.2, 0.25) is 0 Å². The van der Waals surface area contributed by atoms with E-state index in [1.165, 1.54) is 0 Å². The maximum absolute atomic E-state index is 6.28. The van der Waals surface area contributed by atoms with Crippen molar-refractivity contribution in [3.63, 3.8) is 0 Å². The number of nitrogens with one attached hydrogen (secondary N) is 2. The number of rotatable bonds is 8. The lowest BCUT2D eigenvalue weighted by molar-refractivity contribution is 0.417. The first-order valence-electron chi connectivity index (χ1n) is 23.9. The van der Waals surface area contributed by atoms with Gasteiger partial charge < -0.3 is 28.9 Å². The molecule has 0 spiro atoms. The molecule has 5 heterocycles. The number of aromatic amines is 2. The lowest BCUT2D eigenvalue weighted by atomic mass is 9.95. The molecule has 0 radical (unpaired) electrons. The van der Waals surface area contributed by atoms with Gasteiger partial charge in [-0.2, -0.15) is 0 Å². The molecule has 0 saturated carbocycles. The van der Waals surface area contributed by atoms with Gasteiger partial charge in [0.05, 0.1) is 51.2 Å². The van der Waals surface area contributed by atoms with E-state index in [1.54, 1.807) is 28.4 Å². The third-order valence-electron chi connectivity index (χ3n) is 14.2. The van der Waals surface area contributed by atoms with Gasteiger partial charge in [0.1, 0.15) is 23.0 Å². The van der Waals surface area contributed by atoms with E-state index in [9.17, 15) is 0 Å². The number of methoxy groups -OCH3 is 4. The van der Waals surface area contributed by atoms with Crippen molar-refractivity contribution >= 4 is 89.5 Å². The molecular weight excluding hydrogens is 889 g/mol. The van der Waals surface area contributed by atoms with Gasteiger partial charge in [-0.15, -0.1) is 0 Å². The van der Waals surface area contributed by atoms with Crippen molar-refractivity contribution in [3.8, 4) is 67.5 Å². The molecule has 346 valence electrons.